The molecule has 2 aromatic carbocycles. The van der Waals surface area contributed by atoms with Gasteiger partial charge >= 0.3 is 0 Å². The molecule has 1 amide bonds. The standard InChI is InChI=1S/C20H18BrN3O3/c21-16-3-1-2-15(10-16)20-23-18(24-27-20)11-22-19(25)14-6-8-17(9-7-14)26-12-13-4-5-13/h1-3,6-10,13H,4-5,11-12H2,(H,22,25). The molecule has 0 unspecified atom stereocenters. The van der Waals surface area contributed by atoms with E-state index in [2.05, 4.69) is 31.4 Å². The van der Waals surface area contributed by atoms with Gasteiger partial charge in [0.25, 0.3) is 11.8 Å². The second kappa shape index (κ2) is 7.92. The van der Waals surface area contributed by atoms with Crippen molar-refractivity contribution < 1.29 is 14.1 Å². The van der Waals surface area contributed by atoms with E-state index in [1.54, 1.807) is 12.1 Å². The molecular formula is C20H18BrN3O3. The molecule has 1 heterocycles. The zero-order chi connectivity index (χ0) is 18.6. The van der Waals surface area contributed by atoms with Crippen LogP contribution in [0.3, 0.4) is 0 Å². The predicted octanol–water partition coefficient (Wildman–Crippen LogP) is 4.22. The number of nitrogens with one attached hydrogen (secondary N) is 1. The van der Waals surface area contributed by atoms with E-state index < -0.39 is 0 Å². The molecule has 1 aliphatic carbocycles. The summed E-state index contributed by atoms with van der Waals surface area (Å²) in [6.07, 6.45) is 2.50. The molecule has 138 valence electrons. The molecule has 1 N–H and O–H groups in total. The van der Waals surface area contributed by atoms with E-state index in [1.165, 1.54) is 12.8 Å². The number of halogens is 1. The molecule has 0 atom stereocenters. The Labute approximate surface area is 165 Å². The molecular weight excluding hydrogens is 410 g/mol. The highest BCUT2D eigenvalue weighted by molar-refractivity contribution is 9.10. The number of benzene rings is 2. The lowest BCUT2D eigenvalue weighted by Crippen LogP contribution is -2.23. The van der Waals surface area contributed by atoms with Crippen LogP contribution in [0.2, 0.25) is 0 Å². The Hall–Kier alpha value is -2.67. The zero-order valence-electron chi connectivity index (χ0n) is 14.5. The Bertz CT molecular complexity index is 936. The molecule has 1 aromatic heterocycles. The number of ether oxygens (including phenoxy) is 1. The number of carbonyl (C=O) groups is 1. The van der Waals surface area contributed by atoms with E-state index in [9.17, 15) is 4.79 Å². The van der Waals surface area contributed by atoms with Gasteiger partial charge in [-0.15, -0.1) is 0 Å². The van der Waals surface area contributed by atoms with E-state index in [0.29, 0.717) is 23.2 Å². The first-order chi connectivity index (χ1) is 13.2. The SMILES string of the molecule is O=C(NCc1noc(-c2cccc(Br)c2)n1)c1ccc(OCC2CC2)cc1. The second-order valence-corrected chi connectivity index (χ2v) is 7.40. The Morgan fingerprint density at radius 3 is 2.78 bits per heavy atom. The van der Waals surface area contributed by atoms with Crippen molar-refractivity contribution in [2.75, 3.05) is 6.61 Å². The van der Waals surface area contributed by atoms with E-state index in [-0.39, 0.29) is 12.5 Å². The lowest BCUT2D eigenvalue weighted by Gasteiger charge is -2.06. The largest absolute Gasteiger partial charge is 0.493 e. The highest BCUT2D eigenvalue weighted by Gasteiger charge is 2.21. The second-order valence-electron chi connectivity index (χ2n) is 6.49. The summed E-state index contributed by atoms with van der Waals surface area (Å²) in [4.78, 5) is 16.6. The third-order valence-electron chi connectivity index (χ3n) is 4.25. The quantitative estimate of drug-likeness (QED) is 0.610. The Balaban J connectivity index is 1.32. The monoisotopic (exact) mass is 427 g/mol. The average molecular weight is 428 g/mol. The van der Waals surface area contributed by atoms with Crippen LogP contribution < -0.4 is 10.1 Å². The molecule has 4 rings (SSSR count). The third-order valence-corrected chi connectivity index (χ3v) is 4.74. The van der Waals surface area contributed by atoms with Crippen molar-refractivity contribution in [1.82, 2.24) is 15.5 Å². The van der Waals surface area contributed by atoms with Gasteiger partial charge in [-0.1, -0.05) is 27.2 Å². The topological polar surface area (TPSA) is 77.3 Å². The molecule has 0 radical (unpaired) electrons. The van der Waals surface area contributed by atoms with Crippen LogP contribution in [0, 0.1) is 5.92 Å². The van der Waals surface area contributed by atoms with E-state index in [0.717, 1.165) is 22.4 Å². The van der Waals surface area contributed by atoms with Crippen LogP contribution in [-0.4, -0.2) is 22.7 Å². The van der Waals surface area contributed by atoms with Gasteiger partial charge in [-0.2, -0.15) is 4.98 Å². The van der Waals surface area contributed by atoms with Crippen LogP contribution in [0.15, 0.2) is 57.5 Å². The van der Waals surface area contributed by atoms with E-state index >= 15 is 0 Å². The van der Waals surface area contributed by atoms with Gasteiger partial charge in [0.15, 0.2) is 5.82 Å². The van der Waals surface area contributed by atoms with Crippen molar-refractivity contribution in [2.45, 2.75) is 19.4 Å². The maximum Gasteiger partial charge on any atom is 0.258 e. The van der Waals surface area contributed by atoms with Crippen LogP contribution >= 0.6 is 15.9 Å². The number of hydrogen-bond acceptors (Lipinski definition) is 5. The van der Waals surface area contributed by atoms with Crippen LogP contribution in [0.1, 0.15) is 29.0 Å². The lowest BCUT2D eigenvalue weighted by atomic mass is 10.2. The minimum absolute atomic E-state index is 0.191. The van der Waals surface area contributed by atoms with Gasteiger partial charge < -0.3 is 14.6 Å². The number of rotatable bonds is 7. The van der Waals surface area contributed by atoms with Crippen LogP contribution in [-0.2, 0) is 6.54 Å². The fourth-order valence-corrected chi connectivity index (χ4v) is 2.93. The molecule has 1 aliphatic rings. The Morgan fingerprint density at radius 1 is 1.22 bits per heavy atom. The molecule has 0 bridgehead atoms. The predicted molar refractivity (Wildman–Crippen MR) is 103 cm³/mol. The van der Waals surface area contributed by atoms with Crippen molar-refractivity contribution in [3.63, 3.8) is 0 Å². The summed E-state index contributed by atoms with van der Waals surface area (Å²) in [7, 11) is 0. The summed E-state index contributed by atoms with van der Waals surface area (Å²) in [5, 5.41) is 6.71. The number of nitrogens with zero attached hydrogens (tertiary/aromatic N) is 2. The van der Waals surface area contributed by atoms with Gasteiger partial charge in [-0.25, -0.2) is 0 Å². The summed E-state index contributed by atoms with van der Waals surface area (Å²) in [6, 6.07) is 14.7. The molecule has 1 saturated carbocycles. The molecule has 0 spiro atoms. The van der Waals surface area contributed by atoms with Gasteiger partial charge in [-0.3, -0.25) is 4.79 Å². The highest BCUT2D eigenvalue weighted by atomic mass is 79.9. The maximum absolute atomic E-state index is 12.3. The fourth-order valence-electron chi connectivity index (χ4n) is 2.53. The molecule has 1 fully saturated rings. The van der Waals surface area contributed by atoms with Gasteiger partial charge in [0.2, 0.25) is 0 Å². The number of aromatic nitrogens is 2. The molecule has 3 aromatic rings. The first kappa shape index (κ1) is 17.7. The van der Waals surface area contributed by atoms with Gasteiger partial charge in [0, 0.05) is 15.6 Å². The minimum Gasteiger partial charge on any atom is -0.493 e. The van der Waals surface area contributed by atoms with Gasteiger partial charge in [-0.05, 0) is 61.2 Å². The number of carbonyl (C=O) groups excluding carboxylic acids is 1. The Morgan fingerprint density at radius 2 is 2.04 bits per heavy atom. The third kappa shape index (κ3) is 4.74. The summed E-state index contributed by atoms with van der Waals surface area (Å²) in [5.74, 6) is 2.12. The fraction of sp³-hybridized carbons (Fsp3) is 0.250. The number of hydrogen-bond donors (Lipinski definition) is 1. The van der Waals surface area contributed by atoms with Gasteiger partial charge in [0.05, 0.1) is 13.2 Å². The summed E-state index contributed by atoms with van der Waals surface area (Å²) >= 11 is 3.41. The van der Waals surface area contributed by atoms with Crippen LogP contribution in [0.25, 0.3) is 11.5 Å². The summed E-state index contributed by atoms with van der Waals surface area (Å²) in [6.45, 7) is 0.944. The van der Waals surface area contributed by atoms with Crippen LogP contribution in [0.4, 0.5) is 0 Å². The average Bonchev–Trinajstić information content (AvgIpc) is 3.40. The zero-order valence-corrected chi connectivity index (χ0v) is 16.1. The van der Waals surface area contributed by atoms with Crippen molar-refractivity contribution in [1.29, 1.82) is 0 Å². The first-order valence-corrected chi connectivity index (χ1v) is 9.56. The maximum atomic E-state index is 12.3. The van der Waals surface area contributed by atoms with E-state index in [4.69, 9.17) is 9.26 Å². The van der Waals surface area contributed by atoms with Crippen LogP contribution in [0.5, 0.6) is 5.75 Å². The lowest BCUT2D eigenvalue weighted by molar-refractivity contribution is 0.0949. The molecule has 6 nitrogen and oxygen atoms in total. The molecule has 0 aliphatic heterocycles. The van der Waals surface area contributed by atoms with Crippen molar-refractivity contribution in [3.8, 4) is 17.2 Å². The van der Waals surface area contributed by atoms with Crippen molar-refractivity contribution >= 4 is 21.8 Å². The van der Waals surface area contributed by atoms with Crippen molar-refractivity contribution in [3.05, 3.63) is 64.4 Å². The van der Waals surface area contributed by atoms with Gasteiger partial charge in [0.1, 0.15) is 5.75 Å². The number of amides is 1. The summed E-state index contributed by atoms with van der Waals surface area (Å²) < 4.78 is 11.9. The first-order valence-electron chi connectivity index (χ1n) is 8.77. The molecule has 0 saturated heterocycles. The van der Waals surface area contributed by atoms with E-state index in [1.807, 2.05) is 36.4 Å². The van der Waals surface area contributed by atoms with Crippen molar-refractivity contribution in [2.24, 2.45) is 5.92 Å². The Kier molecular flexibility index (Phi) is 5.20. The highest BCUT2D eigenvalue weighted by Crippen LogP contribution is 2.29. The molecule has 7 heteroatoms. The minimum atomic E-state index is -0.197. The summed E-state index contributed by atoms with van der Waals surface area (Å²) in [5.41, 5.74) is 1.38. The smallest absolute Gasteiger partial charge is 0.258 e. The molecule has 27 heavy (non-hydrogen) atoms. The normalized spacial score (nSPS) is 13.4.